The van der Waals surface area contributed by atoms with Crippen LogP contribution in [0.4, 0.5) is 0 Å². The normalized spacial score (nSPS) is 21.5. The molecule has 2 rings (SSSR count). The zero-order valence-corrected chi connectivity index (χ0v) is 9.02. The zero-order valence-electron chi connectivity index (χ0n) is 9.02. The summed E-state index contributed by atoms with van der Waals surface area (Å²) in [6, 6.07) is 3.74. The number of pyridine rings is 1. The molecule has 0 aliphatic heterocycles. The molecule has 1 heterocycles. The van der Waals surface area contributed by atoms with Crippen LogP contribution in [0.3, 0.4) is 0 Å². The van der Waals surface area contributed by atoms with E-state index >= 15 is 0 Å². The average molecular weight is 207 g/mol. The molecule has 0 saturated heterocycles. The number of methoxy groups -OCH3 is 1. The number of ether oxygens (including phenoxy) is 1. The molecule has 1 aromatic heterocycles. The number of rotatable bonds is 3. The second kappa shape index (κ2) is 4.29. The molecule has 15 heavy (non-hydrogen) atoms. The standard InChI is InChI=1S/C12H17NO2/c1-15-12(6-2-3-7-12)11(14)10-5-4-8-13-9-10/h4-5,8-9,11,14H,2-3,6-7H2,1H3. The molecule has 1 fully saturated rings. The maximum absolute atomic E-state index is 10.3. The van der Waals surface area contributed by atoms with Crippen LogP contribution in [0, 0.1) is 0 Å². The minimum atomic E-state index is -0.557. The van der Waals surface area contributed by atoms with Crippen LogP contribution >= 0.6 is 0 Å². The number of aliphatic hydroxyl groups excluding tert-OH is 1. The highest BCUT2D eigenvalue weighted by Crippen LogP contribution is 2.42. The highest BCUT2D eigenvalue weighted by molar-refractivity contribution is 5.17. The van der Waals surface area contributed by atoms with Gasteiger partial charge >= 0.3 is 0 Å². The summed E-state index contributed by atoms with van der Waals surface area (Å²) in [5.41, 5.74) is 0.463. The molecule has 0 spiro atoms. The summed E-state index contributed by atoms with van der Waals surface area (Å²) in [4.78, 5) is 4.03. The topological polar surface area (TPSA) is 42.4 Å². The third-order valence-corrected chi connectivity index (χ3v) is 3.35. The van der Waals surface area contributed by atoms with E-state index in [1.54, 1.807) is 19.5 Å². The fourth-order valence-electron chi connectivity index (χ4n) is 2.40. The van der Waals surface area contributed by atoms with Gasteiger partial charge in [-0.3, -0.25) is 4.98 Å². The lowest BCUT2D eigenvalue weighted by atomic mass is 9.90. The Hall–Kier alpha value is -0.930. The van der Waals surface area contributed by atoms with Crippen LogP contribution in [-0.4, -0.2) is 22.8 Å². The molecule has 0 radical (unpaired) electrons. The van der Waals surface area contributed by atoms with Gasteiger partial charge in [-0.1, -0.05) is 18.9 Å². The van der Waals surface area contributed by atoms with Crippen molar-refractivity contribution in [2.75, 3.05) is 7.11 Å². The Balaban J connectivity index is 2.22. The second-order valence-corrected chi connectivity index (χ2v) is 4.16. The molecule has 82 valence electrons. The van der Waals surface area contributed by atoms with Crippen molar-refractivity contribution in [1.82, 2.24) is 4.98 Å². The lowest BCUT2D eigenvalue weighted by Gasteiger charge is -2.32. The number of aliphatic hydroxyl groups is 1. The van der Waals surface area contributed by atoms with Crippen LogP contribution in [0.15, 0.2) is 24.5 Å². The predicted octanol–water partition coefficient (Wildman–Crippen LogP) is 2.07. The van der Waals surface area contributed by atoms with Crippen molar-refractivity contribution in [1.29, 1.82) is 0 Å². The summed E-state index contributed by atoms with van der Waals surface area (Å²) in [6.07, 6.45) is 6.99. The smallest absolute Gasteiger partial charge is 0.109 e. The first kappa shape index (κ1) is 10.6. The zero-order chi connectivity index (χ0) is 10.7. The Morgan fingerprint density at radius 1 is 1.47 bits per heavy atom. The number of aromatic nitrogens is 1. The molecule has 1 aromatic rings. The largest absolute Gasteiger partial charge is 0.385 e. The van der Waals surface area contributed by atoms with Crippen molar-refractivity contribution in [2.45, 2.75) is 37.4 Å². The van der Waals surface area contributed by atoms with Gasteiger partial charge in [-0.2, -0.15) is 0 Å². The van der Waals surface area contributed by atoms with E-state index in [0.717, 1.165) is 31.2 Å². The summed E-state index contributed by atoms with van der Waals surface area (Å²) in [5.74, 6) is 0. The molecular weight excluding hydrogens is 190 g/mol. The van der Waals surface area contributed by atoms with Gasteiger partial charge in [0.25, 0.3) is 0 Å². The summed E-state index contributed by atoms with van der Waals surface area (Å²) in [5, 5.41) is 10.3. The SMILES string of the molecule is COC1(C(O)c2cccnc2)CCCC1. The first-order valence-corrected chi connectivity index (χ1v) is 5.42. The van der Waals surface area contributed by atoms with Crippen molar-refractivity contribution in [3.63, 3.8) is 0 Å². The highest BCUT2D eigenvalue weighted by atomic mass is 16.5. The minimum Gasteiger partial charge on any atom is -0.385 e. The Kier molecular flexibility index (Phi) is 3.03. The first-order valence-electron chi connectivity index (χ1n) is 5.42. The van der Waals surface area contributed by atoms with Crippen molar-refractivity contribution in [3.8, 4) is 0 Å². The van der Waals surface area contributed by atoms with E-state index in [0.29, 0.717) is 0 Å². The predicted molar refractivity (Wildman–Crippen MR) is 57.4 cm³/mol. The summed E-state index contributed by atoms with van der Waals surface area (Å²) < 4.78 is 5.54. The molecular formula is C12H17NO2. The van der Waals surface area contributed by atoms with Crippen molar-refractivity contribution in [3.05, 3.63) is 30.1 Å². The lowest BCUT2D eigenvalue weighted by molar-refractivity contribution is -0.100. The Labute approximate surface area is 90.1 Å². The van der Waals surface area contributed by atoms with Gasteiger partial charge < -0.3 is 9.84 Å². The third-order valence-electron chi connectivity index (χ3n) is 3.35. The van der Waals surface area contributed by atoms with Crippen LogP contribution in [0.5, 0.6) is 0 Å². The van der Waals surface area contributed by atoms with E-state index in [2.05, 4.69) is 4.98 Å². The van der Waals surface area contributed by atoms with Gasteiger partial charge in [-0.15, -0.1) is 0 Å². The molecule has 0 aromatic carbocycles. The van der Waals surface area contributed by atoms with Gasteiger partial charge in [0.1, 0.15) is 6.10 Å². The van der Waals surface area contributed by atoms with E-state index in [1.165, 1.54) is 0 Å². The molecule has 1 saturated carbocycles. The van der Waals surface area contributed by atoms with Crippen molar-refractivity contribution in [2.24, 2.45) is 0 Å². The number of hydrogen-bond acceptors (Lipinski definition) is 3. The molecule has 1 aliphatic carbocycles. The maximum atomic E-state index is 10.3. The number of hydrogen-bond donors (Lipinski definition) is 1. The molecule has 0 amide bonds. The van der Waals surface area contributed by atoms with Gasteiger partial charge in [0.15, 0.2) is 0 Å². The van der Waals surface area contributed by atoms with Crippen molar-refractivity contribution < 1.29 is 9.84 Å². The summed E-state index contributed by atoms with van der Waals surface area (Å²) in [7, 11) is 1.69. The van der Waals surface area contributed by atoms with Gasteiger partial charge in [0.05, 0.1) is 5.60 Å². The molecule has 1 N–H and O–H groups in total. The van der Waals surface area contributed by atoms with E-state index < -0.39 is 6.10 Å². The Bertz CT molecular complexity index is 307. The monoisotopic (exact) mass is 207 g/mol. The van der Waals surface area contributed by atoms with Crippen LogP contribution in [0.25, 0.3) is 0 Å². The van der Waals surface area contributed by atoms with Crippen LogP contribution in [-0.2, 0) is 4.74 Å². The van der Waals surface area contributed by atoms with Crippen LogP contribution in [0.1, 0.15) is 37.4 Å². The summed E-state index contributed by atoms with van der Waals surface area (Å²) >= 11 is 0. The van der Waals surface area contributed by atoms with Gasteiger partial charge in [-0.25, -0.2) is 0 Å². The van der Waals surface area contributed by atoms with E-state index in [9.17, 15) is 5.11 Å². The fourth-order valence-corrected chi connectivity index (χ4v) is 2.40. The lowest BCUT2D eigenvalue weighted by Crippen LogP contribution is -2.35. The van der Waals surface area contributed by atoms with E-state index in [-0.39, 0.29) is 5.60 Å². The molecule has 0 bridgehead atoms. The van der Waals surface area contributed by atoms with Gasteiger partial charge in [0, 0.05) is 25.1 Å². The van der Waals surface area contributed by atoms with Crippen molar-refractivity contribution >= 4 is 0 Å². The molecule has 1 atom stereocenters. The molecule has 3 heteroatoms. The minimum absolute atomic E-state index is 0.386. The van der Waals surface area contributed by atoms with E-state index in [1.807, 2.05) is 12.1 Å². The number of nitrogens with zero attached hydrogens (tertiary/aromatic N) is 1. The summed E-state index contributed by atoms with van der Waals surface area (Å²) in [6.45, 7) is 0. The van der Waals surface area contributed by atoms with E-state index in [4.69, 9.17) is 4.74 Å². The third kappa shape index (κ3) is 1.90. The van der Waals surface area contributed by atoms with Crippen LogP contribution < -0.4 is 0 Å². The first-order chi connectivity index (χ1) is 7.28. The average Bonchev–Trinajstić information content (AvgIpc) is 2.79. The van der Waals surface area contributed by atoms with Gasteiger partial charge in [0.2, 0.25) is 0 Å². The fraction of sp³-hybridized carbons (Fsp3) is 0.583. The quantitative estimate of drug-likeness (QED) is 0.825. The molecule has 1 unspecified atom stereocenters. The second-order valence-electron chi connectivity index (χ2n) is 4.16. The van der Waals surface area contributed by atoms with Crippen LogP contribution in [0.2, 0.25) is 0 Å². The van der Waals surface area contributed by atoms with Gasteiger partial charge in [-0.05, 0) is 18.9 Å². The highest BCUT2D eigenvalue weighted by Gasteiger charge is 2.41. The Morgan fingerprint density at radius 3 is 2.73 bits per heavy atom. The molecule has 1 aliphatic rings. The molecule has 3 nitrogen and oxygen atoms in total. The maximum Gasteiger partial charge on any atom is 0.109 e. The Morgan fingerprint density at radius 2 is 2.20 bits per heavy atom.